The predicted molar refractivity (Wildman–Crippen MR) is 239 cm³/mol. The summed E-state index contributed by atoms with van der Waals surface area (Å²) in [4.78, 5) is 4.69. The molecular formula is C54H44N2. The second-order valence-electron chi connectivity index (χ2n) is 15.1. The van der Waals surface area contributed by atoms with Crippen molar-refractivity contribution < 1.29 is 0 Å². The van der Waals surface area contributed by atoms with Crippen molar-refractivity contribution >= 4 is 46.3 Å². The summed E-state index contributed by atoms with van der Waals surface area (Å²) in [5.41, 5.74) is 18.2. The van der Waals surface area contributed by atoms with Crippen LogP contribution in [-0.4, -0.2) is 0 Å². The van der Waals surface area contributed by atoms with E-state index < -0.39 is 0 Å². The van der Waals surface area contributed by atoms with Gasteiger partial charge in [-0.1, -0.05) is 159 Å². The van der Waals surface area contributed by atoms with Crippen molar-refractivity contribution in [2.75, 3.05) is 9.80 Å². The van der Waals surface area contributed by atoms with Crippen LogP contribution in [0, 0.1) is 6.92 Å². The Morgan fingerprint density at radius 2 is 0.821 bits per heavy atom. The number of fused-ring (bicyclic) bond motifs is 3. The smallest absolute Gasteiger partial charge is 0.0490 e. The summed E-state index contributed by atoms with van der Waals surface area (Å²) in [5, 5.41) is 0. The summed E-state index contributed by atoms with van der Waals surface area (Å²) in [5.74, 6) is 0. The molecule has 2 heteroatoms. The van der Waals surface area contributed by atoms with E-state index in [1.165, 1.54) is 50.3 Å². The van der Waals surface area contributed by atoms with Gasteiger partial charge in [-0.15, -0.1) is 0 Å². The Hall–Kier alpha value is -6.90. The minimum atomic E-state index is -0.0673. The molecule has 0 spiro atoms. The van der Waals surface area contributed by atoms with Gasteiger partial charge < -0.3 is 9.80 Å². The van der Waals surface area contributed by atoms with Crippen molar-refractivity contribution in [1.82, 2.24) is 0 Å². The van der Waals surface area contributed by atoms with Gasteiger partial charge in [0.15, 0.2) is 0 Å². The number of para-hydroxylation sites is 3. The van der Waals surface area contributed by atoms with Crippen LogP contribution in [0.25, 0.3) is 34.4 Å². The zero-order valence-corrected chi connectivity index (χ0v) is 32.1. The van der Waals surface area contributed by atoms with Gasteiger partial charge in [0.25, 0.3) is 0 Å². The Kier molecular flexibility index (Phi) is 9.17. The van der Waals surface area contributed by atoms with Gasteiger partial charge in [0.1, 0.15) is 0 Å². The summed E-state index contributed by atoms with van der Waals surface area (Å²) in [6.45, 7) is 6.89. The van der Waals surface area contributed by atoms with E-state index in [1.54, 1.807) is 0 Å². The lowest BCUT2D eigenvalue weighted by Crippen LogP contribution is -2.16. The van der Waals surface area contributed by atoms with Crippen molar-refractivity contribution in [3.63, 3.8) is 0 Å². The van der Waals surface area contributed by atoms with E-state index in [0.29, 0.717) is 0 Å². The van der Waals surface area contributed by atoms with E-state index in [1.807, 2.05) is 0 Å². The predicted octanol–water partition coefficient (Wildman–Crippen LogP) is 15.1. The van der Waals surface area contributed by atoms with Crippen molar-refractivity contribution in [2.24, 2.45) is 0 Å². The Bertz CT molecular complexity index is 2600. The number of benzene rings is 8. The lowest BCUT2D eigenvalue weighted by Gasteiger charge is -2.29. The van der Waals surface area contributed by atoms with Gasteiger partial charge in [0, 0.05) is 39.5 Å². The fourth-order valence-corrected chi connectivity index (χ4v) is 8.19. The summed E-state index contributed by atoms with van der Waals surface area (Å²) >= 11 is 0. The fourth-order valence-electron chi connectivity index (χ4n) is 8.19. The van der Waals surface area contributed by atoms with E-state index in [4.69, 9.17) is 0 Å². The number of anilines is 6. The third-order valence-corrected chi connectivity index (χ3v) is 11.2. The summed E-state index contributed by atoms with van der Waals surface area (Å²) in [7, 11) is 0. The fraction of sp³-hybridized carbons (Fsp3) is 0.0741. The van der Waals surface area contributed by atoms with Crippen molar-refractivity contribution in [3.8, 4) is 22.3 Å². The van der Waals surface area contributed by atoms with Gasteiger partial charge in [-0.25, -0.2) is 0 Å². The first-order chi connectivity index (χ1) is 27.4. The van der Waals surface area contributed by atoms with Gasteiger partial charge in [-0.2, -0.15) is 0 Å². The molecule has 2 nitrogen and oxygen atoms in total. The second-order valence-corrected chi connectivity index (χ2v) is 15.1. The molecule has 56 heavy (non-hydrogen) atoms. The molecule has 8 aromatic carbocycles. The standard InChI is InChI=1S/C54H44N2/c1-39-14-10-13-21-53(39)56(48-36-37-50-49-19-11-12-20-51(49)54(2,3)52(50)38-48)47-34-30-43(31-35-47)42-28-24-40(25-29-42)22-23-41-26-32-46(33-27-41)55(44-15-6-4-7-16-44)45-17-8-5-9-18-45/h4-38H,1-3H3/b23-22+. The molecule has 0 unspecified atom stereocenters. The number of rotatable bonds is 9. The molecule has 1 aliphatic rings. The summed E-state index contributed by atoms with van der Waals surface area (Å²) < 4.78 is 0. The second kappa shape index (κ2) is 14.7. The highest BCUT2D eigenvalue weighted by molar-refractivity contribution is 5.87. The van der Waals surface area contributed by atoms with Crippen LogP contribution in [0.4, 0.5) is 34.1 Å². The highest BCUT2D eigenvalue weighted by atomic mass is 15.1. The maximum absolute atomic E-state index is 2.40. The summed E-state index contributed by atoms with van der Waals surface area (Å²) in [6.07, 6.45) is 4.37. The quantitative estimate of drug-likeness (QED) is 0.137. The molecule has 0 amide bonds. The Morgan fingerprint density at radius 1 is 0.375 bits per heavy atom. The van der Waals surface area contributed by atoms with Gasteiger partial charge >= 0.3 is 0 Å². The molecule has 0 fully saturated rings. The average molecular weight is 721 g/mol. The van der Waals surface area contributed by atoms with Crippen LogP contribution in [0.1, 0.15) is 41.7 Å². The van der Waals surface area contributed by atoms with E-state index in [2.05, 4.69) is 243 Å². The highest BCUT2D eigenvalue weighted by Crippen LogP contribution is 2.50. The van der Waals surface area contributed by atoms with Gasteiger partial charge in [0.05, 0.1) is 0 Å². The SMILES string of the molecule is Cc1ccccc1N(c1ccc(-c2ccc(/C=C/c3ccc(N(c4ccccc4)c4ccccc4)cc3)cc2)cc1)c1ccc2c(c1)C(C)(C)c1ccccc1-2. The van der Waals surface area contributed by atoms with Crippen LogP contribution in [0.3, 0.4) is 0 Å². The van der Waals surface area contributed by atoms with Crippen molar-refractivity contribution in [3.05, 3.63) is 228 Å². The first kappa shape index (κ1) is 34.8. The largest absolute Gasteiger partial charge is 0.311 e. The Labute approximate surface area is 331 Å². The van der Waals surface area contributed by atoms with E-state index >= 15 is 0 Å². The molecule has 0 aliphatic heterocycles. The molecule has 0 heterocycles. The van der Waals surface area contributed by atoms with Crippen LogP contribution < -0.4 is 9.80 Å². The molecule has 0 bridgehead atoms. The molecule has 0 radical (unpaired) electrons. The third-order valence-electron chi connectivity index (χ3n) is 11.2. The first-order valence-corrected chi connectivity index (χ1v) is 19.4. The van der Waals surface area contributed by atoms with Gasteiger partial charge in [-0.05, 0) is 124 Å². The first-order valence-electron chi connectivity index (χ1n) is 19.4. The van der Waals surface area contributed by atoms with Gasteiger partial charge in [-0.3, -0.25) is 0 Å². The molecule has 270 valence electrons. The maximum atomic E-state index is 2.40. The van der Waals surface area contributed by atoms with Crippen LogP contribution in [-0.2, 0) is 5.41 Å². The number of hydrogen-bond acceptors (Lipinski definition) is 2. The molecule has 8 aromatic rings. The maximum Gasteiger partial charge on any atom is 0.0490 e. The number of hydrogen-bond donors (Lipinski definition) is 0. The van der Waals surface area contributed by atoms with E-state index in [9.17, 15) is 0 Å². The molecule has 9 rings (SSSR count). The van der Waals surface area contributed by atoms with Gasteiger partial charge in [0.2, 0.25) is 0 Å². The zero-order chi connectivity index (χ0) is 38.1. The molecule has 0 atom stereocenters. The highest BCUT2D eigenvalue weighted by Gasteiger charge is 2.35. The minimum absolute atomic E-state index is 0.0673. The van der Waals surface area contributed by atoms with Crippen LogP contribution in [0.5, 0.6) is 0 Å². The van der Waals surface area contributed by atoms with E-state index in [0.717, 1.165) is 33.9 Å². The monoisotopic (exact) mass is 720 g/mol. The molecule has 0 N–H and O–H groups in total. The number of nitrogens with zero attached hydrogens (tertiary/aromatic N) is 2. The topological polar surface area (TPSA) is 6.48 Å². The van der Waals surface area contributed by atoms with Crippen molar-refractivity contribution in [2.45, 2.75) is 26.2 Å². The Morgan fingerprint density at radius 3 is 1.45 bits per heavy atom. The lowest BCUT2D eigenvalue weighted by molar-refractivity contribution is 0.660. The van der Waals surface area contributed by atoms with E-state index in [-0.39, 0.29) is 5.41 Å². The normalized spacial score (nSPS) is 12.6. The van der Waals surface area contributed by atoms with Crippen LogP contribution in [0.15, 0.2) is 200 Å². The molecule has 1 aliphatic carbocycles. The summed E-state index contributed by atoms with van der Waals surface area (Å²) in [6, 6.07) is 72.1. The molecule has 0 aromatic heterocycles. The van der Waals surface area contributed by atoms with Crippen LogP contribution >= 0.6 is 0 Å². The number of aryl methyl sites for hydroxylation is 1. The molecule has 0 saturated carbocycles. The third kappa shape index (κ3) is 6.61. The average Bonchev–Trinajstić information content (AvgIpc) is 3.48. The van der Waals surface area contributed by atoms with Crippen molar-refractivity contribution in [1.29, 1.82) is 0 Å². The minimum Gasteiger partial charge on any atom is -0.311 e. The Balaban J connectivity index is 0.947. The lowest BCUT2D eigenvalue weighted by atomic mass is 9.82. The van der Waals surface area contributed by atoms with Crippen LogP contribution in [0.2, 0.25) is 0 Å². The zero-order valence-electron chi connectivity index (χ0n) is 32.1. The molecular weight excluding hydrogens is 677 g/mol. The molecule has 0 saturated heterocycles.